The number of anilines is 1. The molecule has 0 aromatic heterocycles. The summed E-state index contributed by atoms with van der Waals surface area (Å²) in [6.07, 6.45) is 6.10. The number of nitrogens with two attached hydrogens (primary N) is 1. The van der Waals surface area contributed by atoms with E-state index < -0.39 is 0 Å². The zero-order valence-electron chi connectivity index (χ0n) is 10.3. The number of nitrogens with one attached hydrogen (secondary N) is 1. The molecule has 1 rings (SSSR count). The predicted octanol–water partition coefficient (Wildman–Crippen LogP) is 3.94. The van der Waals surface area contributed by atoms with Crippen molar-refractivity contribution in [3.63, 3.8) is 0 Å². The van der Waals surface area contributed by atoms with Crippen molar-refractivity contribution in [3.05, 3.63) is 29.8 Å². The first-order valence-corrected chi connectivity index (χ1v) is 6.95. The smallest absolute Gasteiger partial charge is 0.0452 e. The van der Waals surface area contributed by atoms with Gasteiger partial charge in [-0.3, -0.25) is 5.14 Å². The van der Waals surface area contributed by atoms with Gasteiger partial charge in [-0.05, 0) is 30.7 Å². The second-order valence-corrected chi connectivity index (χ2v) is 4.35. The fraction of sp³-hybridized carbons (Fsp3) is 0.429. The van der Waals surface area contributed by atoms with Crippen molar-refractivity contribution in [2.24, 2.45) is 5.14 Å². The molecule has 0 aliphatic heterocycles. The van der Waals surface area contributed by atoms with E-state index in [0.717, 1.165) is 29.8 Å². The van der Waals surface area contributed by atoms with Crippen LogP contribution in [0.25, 0.3) is 0 Å². The predicted molar refractivity (Wildman–Crippen MR) is 77.5 cm³/mol. The van der Waals surface area contributed by atoms with Crippen molar-refractivity contribution in [1.82, 2.24) is 0 Å². The van der Waals surface area contributed by atoms with Gasteiger partial charge in [-0.15, -0.1) is 0 Å². The Balaban J connectivity index is 2.33. The molecule has 0 unspecified atom stereocenters. The van der Waals surface area contributed by atoms with E-state index in [1.807, 2.05) is 24.3 Å². The Morgan fingerprint density at radius 3 is 2.59 bits per heavy atom. The van der Waals surface area contributed by atoms with Gasteiger partial charge in [0.2, 0.25) is 0 Å². The lowest BCUT2D eigenvalue weighted by Crippen LogP contribution is -1.90. The molecule has 0 spiro atoms. The van der Waals surface area contributed by atoms with Gasteiger partial charge in [0.15, 0.2) is 0 Å². The number of hydrogen-bond donors (Lipinski definition) is 2. The normalized spacial score (nSPS) is 9.53. The summed E-state index contributed by atoms with van der Waals surface area (Å²) in [6.45, 7) is 2.22. The summed E-state index contributed by atoms with van der Waals surface area (Å²) in [6, 6.07) is 8.00. The van der Waals surface area contributed by atoms with Gasteiger partial charge in [0, 0.05) is 29.8 Å². The van der Waals surface area contributed by atoms with Crippen LogP contribution in [0.5, 0.6) is 0 Å². The van der Waals surface area contributed by atoms with Gasteiger partial charge < -0.3 is 4.72 Å². The van der Waals surface area contributed by atoms with Gasteiger partial charge in [-0.2, -0.15) is 0 Å². The molecule has 0 bridgehead atoms. The van der Waals surface area contributed by atoms with Crippen molar-refractivity contribution in [1.29, 1.82) is 0 Å². The van der Waals surface area contributed by atoms with Crippen LogP contribution in [0, 0.1) is 11.8 Å². The summed E-state index contributed by atoms with van der Waals surface area (Å²) in [5.41, 5.74) is 2.07. The molecule has 0 aliphatic rings. The Hall–Kier alpha value is -1.11. The molecule has 1 aromatic carbocycles. The van der Waals surface area contributed by atoms with Gasteiger partial charge in [0.25, 0.3) is 0 Å². The van der Waals surface area contributed by atoms with Crippen molar-refractivity contribution in [2.45, 2.75) is 39.0 Å². The highest BCUT2D eigenvalue weighted by Crippen LogP contribution is 2.10. The minimum absolute atomic E-state index is 0.999. The molecule has 3 heteroatoms. The Bertz CT molecular complexity index is 362. The second kappa shape index (κ2) is 8.98. The molecule has 0 radical (unpaired) electrons. The average molecular weight is 248 g/mol. The SMILES string of the molecule is CCCCCCC#Cc1ccc(NSN)cc1. The molecule has 0 saturated heterocycles. The summed E-state index contributed by atoms with van der Waals surface area (Å²) < 4.78 is 2.97. The Labute approximate surface area is 109 Å². The topological polar surface area (TPSA) is 38.0 Å². The van der Waals surface area contributed by atoms with Crippen LogP contribution in [0.15, 0.2) is 24.3 Å². The molecule has 3 N–H and O–H groups in total. The third-order valence-corrected chi connectivity index (χ3v) is 2.80. The van der Waals surface area contributed by atoms with E-state index in [2.05, 4.69) is 23.5 Å². The number of rotatable bonds is 6. The minimum atomic E-state index is 0.999. The molecule has 0 amide bonds. The lowest BCUT2D eigenvalue weighted by Gasteiger charge is -2.00. The van der Waals surface area contributed by atoms with Crippen molar-refractivity contribution in [2.75, 3.05) is 4.72 Å². The second-order valence-electron chi connectivity index (χ2n) is 3.91. The molecule has 2 nitrogen and oxygen atoms in total. The van der Waals surface area contributed by atoms with E-state index in [-0.39, 0.29) is 0 Å². The number of benzene rings is 1. The molecule has 1 aromatic rings. The summed E-state index contributed by atoms with van der Waals surface area (Å²) in [7, 11) is 0. The third kappa shape index (κ3) is 6.25. The maximum absolute atomic E-state index is 5.31. The molecule has 92 valence electrons. The summed E-state index contributed by atoms with van der Waals surface area (Å²) in [4.78, 5) is 0. The van der Waals surface area contributed by atoms with Gasteiger partial charge in [-0.1, -0.05) is 38.0 Å². The largest absolute Gasteiger partial charge is 0.317 e. The Kier molecular flexibility index (Phi) is 7.37. The molecular weight excluding hydrogens is 228 g/mol. The van der Waals surface area contributed by atoms with Crippen LogP contribution in [-0.4, -0.2) is 0 Å². The number of unbranched alkanes of at least 4 members (excludes halogenated alkanes) is 4. The Morgan fingerprint density at radius 2 is 1.94 bits per heavy atom. The summed E-state index contributed by atoms with van der Waals surface area (Å²) in [5.74, 6) is 6.39. The first kappa shape index (κ1) is 14.0. The van der Waals surface area contributed by atoms with E-state index >= 15 is 0 Å². The molecular formula is C14H20N2S. The average Bonchev–Trinajstić information content (AvgIpc) is 2.36. The lowest BCUT2D eigenvalue weighted by atomic mass is 10.1. The molecule has 0 fully saturated rings. The van der Waals surface area contributed by atoms with Gasteiger partial charge in [0.05, 0.1) is 0 Å². The maximum atomic E-state index is 5.31. The highest BCUT2D eigenvalue weighted by Gasteiger charge is 1.90. The van der Waals surface area contributed by atoms with E-state index in [9.17, 15) is 0 Å². The fourth-order valence-electron chi connectivity index (χ4n) is 1.49. The first-order valence-electron chi connectivity index (χ1n) is 6.07. The van der Waals surface area contributed by atoms with Gasteiger partial charge >= 0.3 is 0 Å². The monoisotopic (exact) mass is 248 g/mol. The third-order valence-electron chi connectivity index (χ3n) is 2.45. The fourth-order valence-corrected chi connectivity index (χ4v) is 1.77. The van der Waals surface area contributed by atoms with Crippen molar-refractivity contribution < 1.29 is 0 Å². The van der Waals surface area contributed by atoms with Crippen LogP contribution in [0.2, 0.25) is 0 Å². The quantitative estimate of drug-likeness (QED) is 0.455. The highest BCUT2D eigenvalue weighted by molar-refractivity contribution is 7.98. The van der Waals surface area contributed by atoms with Crippen LogP contribution in [0.1, 0.15) is 44.6 Å². The lowest BCUT2D eigenvalue weighted by molar-refractivity contribution is 0.679. The molecule has 0 saturated carbocycles. The van der Waals surface area contributed by atoms with Crippen LogP contribution in [0.4, 0.5) is 5.69 Å². The van der Waals surface area contributed by atoms with Crippen LogP contribution in [0.3, 0.4) is 0 Å². The van der Waals surface area contributed by atoms with Gasteiger partial charge in [0.1, 0.15) is 0 Å². The van der Waals surface area contributed by atoms with E-state index in [1.54, 1.807) is 0 Å². The summed E-state index contributed by atoms with van der Waals surface area (Å²) >= 11 is 1.10. The maximum Gasteiger partial charge on any atom is 0.0452 e. The van der Waals surface area contributed by atoms with E-state index in [0.29, 0.717) is 0 Å². The van der Waals surface area contributed by atoms with Crippen molar-refractivity contribution in [3.8, 4) is 11.8 Å². The standard InChI is InChI=1S/C14H20N2S/c1-2-3-4-5-6-7-8-13-9-11-14(12-10-13)16-17-15/h9-12,16H,2-6,15H2,1H3. The van der Waals surface area contributed by atoms with E-state index in [1.165, 1.54) is 25.7 Å². The molecule has 0 heterocycles. The first-order chi connectivity index (χ1) is 8.36. The number of hydrogen-bond acceptors (Lipinski definition) is 3. The van der Waals surface area contributed by atoms with Crippen molar-refractivity contribution >= 4 is 17.8 Å². The highest BCUT2D eigenvalue weighted by atomic mass is 32.2. The molecule has 0 atom stereocenters. The van der Waals surface area contributed by atoms with Crippen LogP contribution in [-0.2, 0) is 0 Å². The van der Waals surface area contributed by atoms with Crippen LogP contribution >= 0.6 is 12.1 Å². The van der Waals surface area contributed by atoms with E-state index in [4.69, 9.17) is 5.14 Å². The Morgan fingerprint density at radius 1 is 1.18 bits per heavy atom. The van der Waals surface area contributed by atoms with Crippen LogP contribution < -0.4 is 9.86 Å². The zero-order valence-corrected chi connectivity index (χ0v) is 11.1. The summed E-state index contributed by atoms with van der Waals surface area (Å²) in [5, 5.41) is 5.31. The molecule has 17 heavy (non-hydrogen) atoms. The minimum Gasteiger partial charge on any atom is -0.317 e. The molecule has 0 aliphatic carbocycles. The zero-order chi connectivity index (χ0) is 12.3. The van der Waals surface area contributed by atoms with Gasteiger partial charge in [-0.25, -0.2) is 0 Å².